The molecule has 0 aromatic heterocycles. The first-order valence-corrected chi connectivity index (χ1v) is 3.40. The van der Waals surface area contributed by atoms with Crippen molar-refractivity contribution in [3.8, 4) is 0 Å². The van der Waals surface area contributed by atoms with E-state index >= 15 is 0 Å². The van der Waals surface area contributed by atoms with Crippen molar-refractivity contribution in [2.45, 2.75) is 0 Å². The molecule has 14 heavy (non-hydrogen) atoms. The molecular formula is C7H3N4O3. The van der Waals surface area contributed by atoms with Crippen LogP contribution in [0.3, 0.4) is 0 Å². The highest BCUT2D eigenvalue weighted by Gasteiger charge is 2.13. The second-order valence-electron chi connectivity index (χ2n) is 2.25. The molecule has 7 nitrogen and oxygen atoms in total. The van der Waals surface area contributed by atoms with E-state index < -0.39 is 10.6 Å². The molecule has 0 aliphatic heterocycles. The van der Waals surface area contributed by atoms with Gasteiger partial charge in [-0.1, -0.05) is 11.2 Å². The lowest BCUT2D eigenvalue weighted by atomic mass is 10.2. The van der Waals surface area contributed by atoms with E-state index in [0.29, 0.717) is 0 Å². The monoisotopic (exact) mass is 191 g/mol. The molecule has 0 amide bonds. The number of rotatable bonds is 3. The predicted molar refractivity (Wildman–Crippen MR) is 46.7 cm³/mol. The minimum atomic E-state index is -0.739. The quantitative estimate of drug-likeness (QED) is 0.239. The molecule has 0 saturated carbocycles. The summed E-state index contributed by atoms with van der Waals surface area (Å²) < 4.78 is 0. The van der Waals surface area contributed by atoms with E-state index in [1.165, 1.54) is 18.4 Å². The first-order valence-electron chi connectivity index (χ1n) is 3.40. The maximum atomic E-state index is 10.4. The summed E-state index contributed by atoms with van der Waals surface area (Å²) in [4.78, 5) is 22.4. The van der Waals surface area contributed by atoms with Gasteiger partial charge in [-0.25, -0.2) is 0 Å². The number of nitrogens with zero attached hydrogens (tertiary/aromatic N) is 4. The van der Waals surface area contributed by atoms with Gasteiger partial charge in [0.25, 0.3) is 5.69 Å². The fraction of sp³-hybridized carbons (Fsp3) is 0. The van der Waals surface area contributed by atoms with Crippen LogP contribution in [-0.4, -0.2) is 11.2 Å². The van der Waals surface area contributed by atoms with Crippen molar-refractivity contribution >= 4 is 17.7 Å². The lowest BCUT2D eigenvalue weighted by molar-refractivity contribution is -0.385. The van der Waals surface area contributed by atoms with Crippen molar-refractivity contribution in [1.29, 1.82) is 0 Å². The van der Waals surface area contributed by atoms with E-state index in [-0.39, 0.29) is 11.3 Å². The normalized spacial score (nSPS) is 8.86. The summed E-state index contributed by atoms with van der Waals surface area (Å²) in [5.74, 6) is 0. The van der Waals surface area contributed by atoms with Crippen molar-refractivity contribution in [3.05, 3.63) is 44.3 Å². The second kappa shape index (κ2) is 4.01. The first kappa shape index (κ1) is 9.69. The number of carbonyl (C=O) groups excluding carboxylic acids is 1. The zero-order chi connectivity index (χ0) is 10.6. The van der Waals surface area contributed by atoms with Gasteiger partial charge < -0.3 is 0 Å². The average Bonchev–Trinajstić information content (AvgIpc) is 2.18. The highest BCUT2D eigenvalue weighted by molar-refractivity contribution is 5.82. The van der Waals surface area contributed by atoms with Crippen molar-refractivity contribution < 1.29 is 9.72 Å². The fourth-order valence-electron chi connectivity index (χ4n) is 0.871. The summed E-state index contributed by atoms with van der Waals surface area (Å²) in [5.41, 5.74) is 7.57. The molecule has 0 N–H and O–H groups in total. The molecule has 1 radical (unpaired) electrons. The molecule has 7 heteroatoms. The highest BCUT2D eigenvalue weighted by Crippen LogP contribution is 2.23. The molecule has 0 unspecified atom stereocenters. The molecule has 0 spiro atoms. The summed E-state index contributed by atoms with van der Waals surface area (Å²) in [7, 11) is 0. The van der Waals surface area contributed by atoms with Crippen LogP contribution in [0.25, 0.3) is 10.4 Å². The third-order valence-corrected chi connectivity index (χ3v) is 1.45. The summed E-state index contributed by atoms with van der Waals surface area (Å²) in [5, 5.41) is 13.6. The Bertz CT molecular complexity index is 437. The van der Waals surface area contributed by atoms with Crippen molar-refractivity contribution in [3.63, 3.8) is 0 Å². The zero-order valence-corrected chi connectivity index (χ0v) is 6.75. The molecule has 0 atom stereocenters. The molecule has 0 bridgehead atoms. The molecule has 69 valence electrons. The van der Waals surface area contributed by atoms with Crippen molar-refractivity contribution in [1.82, 2.24) is 0 Å². The number of benzene rings is 1. The van der Waals surface area contributed by atoms with Crippen molar-refractivity contribution in [2.24, 2.45) is 5.11 Å². The van der Waals surface area contributed by atoms with Gasteiger partial charge in [-0.2, -0.15) is 0 Å². The Morgan fingerprint density at radius 1 is 1.57 bits per heavy atom. The third kappa shape index (κ3) is 1.85. The summed E-state index contributed by atoms with van der Waals surface area (Å²) in [6, 6.07) is 3.49. The summed E-state index contributed by atoms with van der Waals surface area (Å²) in [6.45, 7) is 0. The summed E-state index contributed by atoms with van der Waals surface area (Å²) >= 11 is 0. The highest BCUT2D eigenvalue weighted by atomic mass is 16.6. The first-order chi connectivity index (χ1) is 6.69. The van der Waals surface area contributed by atoms with Gasteiger partial charge in [0.2, 0.25) is 6.29 Å². The Hall–Kier alpha value is -2.40. The van der Waals surface area contributed by atoms with Gasteiger partial charge in [0.1, 0.15) is 5.56 Å². The second-order valence-corrected chi connectivity index (χ2v) is 2.25. The molecule has 0 heterocycles. The van der Waals surface area contributed by atoms with E-state index in [4.69, 9.17) is 5.53 Å². The number of nitro groups is 1. The van der Waals surface area contributed by atoms with E-state index in [9.17, 15) is 14.9 Å². The van der Waals surface area contributed by atoms with E-state index in [1.54, 1.807) is 0 Å². The number of nitro benzene ring substituents is 1. The molecule has 1 aromatic rings. The minimum Gasteiger partial charge on any atom is -0.285 e. The van der Waals surface area contributed by atoms with Gasteiger partial charge in [0.15, 0.2) is 0 Å². The largest absolute Gasteiger partial charge is 0.285 e. The molecular weight excluding hydrogens is 188 g/mol. The van der Waals surface area contributed by atoms with Gasteiger partial charge in [-0.05, 0) is 11.6 Å². The van der Waals surface area contributed by atoms with Crippen LogP contribution in [0.4, 0.5) is 11.4 Å². The Morgan fingerprint density at radius 2 is 2.29 bits per heavy atom. The SMILES string of the molecule is [N-]=[N+]=Nc1ccc([C]=O)c([N+](=O)[O-])c1. The zero-order valence-electron chi connectivity index (χ0n) is 6.75. The number of azide groups is 1. The van der Waals surface area contributed by atoms with Crippen LogP contribution >= 0.6 is 0 Å². The van der Waals surface area contributed by atoms with Crippen LogP contribution in [0.2, 0.25) is 0 Å². The van der Waals surface area contributed by atoms with Gasteiger partial charge >= 0.3 is 0 Å². The van der Waals surface area contributed by atoms with Crippen LogP contribution in [0.5, 0.6) is 0 Å². The van der Waals surface area contributed by atoms with Crippen LogP contribution in [0, 0.1) is 10.1 Å². The fourth-order valence-corrected chi connectivity index (χ4v) is 0.871. The van der Waals surface area contributed by atoms with E-state index in [2.05, 4.69) is 10.0 Å². The van der Waals surface area contributed by atoms with E-state index in [0.717, 1.165) is 6.07 Å². The van der Waals surface area contributed by atoms with Gasteiger partial charge in [0.05, 0.1) is 4.92 Å². The van der Waals surface area contributed by atoms with Gasteiger partial charge in [0, 0.05) is 16.7 Å². The van der Waals surface area contributed by atoms with Gasteiger partial charge in [-0.3, -0.25) is 14.9 Å². The van der Waals surface area contributed by atoms with Crippen LogP contribution in [-0.2, 0) is 4.79 Å². The van der Waals surface area contributed by atoms with E-state index in [1.807, 2.05) is 0 Å². The topological polar surface area (TPSA) is 109 Å². The Morgan fingerprint density at radius 3 is 2.79 bits per heavy atom. The Labute approximate surface area is 77.7 Å². The van der Waals surface area contributed by atoms with Crippen LogP contribution in [0.15, 0.2) is 23.3 Å². The van der Waals surface area contributed by atoms with Crippen LogP contribution in [0.1, 0.15) is 5.56 Å². The maximum absolute atomic E-state index is 10.4. The van der Waals surface area contributed by atoms with Crippen LogP contribution < -0.4 is 0 Å². The molecule has 0 aliphatic carbocycles. The standard InChI is InChI=1S/C7H3N4O3/c8-10-9-6-2-1-5(4-12)7(3-6)11(13)14/h1-3H. The molecule has 0 aliphatic rings. The molecule has 0 saturated heterocycles. The molecule has 1 aromatic carbocycles. The predicted octanol–water partition coefficient (Wildman–Crippen LogP) is 1.99. The minimum absolute atomic E-state index is 0.0817. The Balaban J connectivity index is 3.34. The maximum Gasteiger partial charge on any atom is 0.281 e. The Kier molecular flexibility index (Phi) is 2.78. The third-order valence-electron chi connectivity index (χ3n) is 1.45. The lowest BCUT2D eigenvalue weighted by Crippen LogP contribution is -1.93. The number of hydrogen-bond donors (Lipinski definition) is 0. The molecule has 0 fully saturated rings. The molecule has 1 rings (SSSR count). The van der Waals surface area contributed by atoms with Gasteiger partial charge in [-0.15, -0.1) is 0 Å². The summed E-state index contributed by atoms with van der Waals surface area (Å²) in [6.07, 6.45) is 1.42. The van der Waals surface area contributed by atoms with Crippen molar-refractivity contribution in [2.75, 3.05) is 0 Å². The lowest BCUT2D eigenvalue weighted by Gasteiger charge is -1.95. The smallest absolute Gasteiger partial charge is 0.281 e. The number of hydrogen-bond acceptors (Lipinski definition) is 4. The average molecular weight is 191 g/mol.